The minimum atomic E-state index is -0.752. The zero-order chi connectivity index (χ0) is 20.7. The molecule has 3 aromatic carbocycles. The van der Waals surface area contributed by atoms with Crippen LogP contribution in [0, 0.1) is 5.41 Å². The highest BCUT2D eigenvalue weighted by Crippen LogP contribution is 2.37. The Balaban J connectivity index is 2.00. The zero-order valence-electron chi connectivity index (χ0n) is 17.1. The molecule has 29 heavy (non-hydrogen) atoms. The second-order valence-corrected chi connectivity index (χ2v) is 8.07. The molecule has 0 radical (unpaired) electrons. The molecule has 2 N–H and O–H groups in total. The van der Waals surface area contributed by atoms with Crippen LogP contribution in [0.1, 0.15) is 43.4 Å². The average molecular weight is 388 g/mol. The van der Waals surface area contributed by atoms with Gasteiger partial charge in [0.15, 0.2) is 0 Å². The minimum Gasteiger partial charge on any atom is -0.481 e. The average Bonchev–Trinajstić information content (AvgIpc) is 2.76. The highest BCUT2D eigenvalue weighted by atomic mass is 16.4. The Morgan fingerprint density at radius 2 is 1.14 bits per heavy atom. The summed E-state index contributed by atoms with van der Waals surface area (Å²) in [6.07, 6.45) is 1.39. The van der Waals surface area contributed by atoms with Crippen LogP contribution in [0.4, 0.5) is 0 Å². The van der Waals surface area contributed by atoms with Crippen molar-refractivity contribution in [3.8, 4) is 0 Å². The van der Waals surface area contributed by atoms with Gasteiger partial charge in [-0.15, -0.1) is 0 Å². The predicted molar refractivity (Wildman–Crippen MR) is 118 cm³/mol. The third-order valence-corrected chi connectivity index (χ3v) is 5.57. The van der Waals surface area contributed by atoms with Crippen LogP contribution in [0.2, 0.25) is 0 Å². The summed E-state index contributed by atoms with van der Waals surface area (Å²) < 4.78 is 0. The normalized spacial score (nSPS) is 11.9. The van der Waals surface area contributed by atoms with E-state index in [9.17, 15) is 9.90 Å². The van der Waals surface area contributed by atoms with Crippen molar-refractivity contribution in [3.63, 3.8) is 0 Å². The largest absolute Gasteiger partial charge is 0.481 e. The second-order valence-electron chi connectivity index (χ2n) is 8.07. The van der Waals surface area contributed by atoms with Crippen molar-refractivity contribution < 1.29 is 9.90 Å². The first-order chi connectivity index (χ1) is 14.0. The van der Waals surface area contributed by atoms with Gasteiger partial charge in [-0.05, 0) is 49.9 Å². The summed E-state index contributed by atoms with van der Waals surface area (Å²) in [5, 5.41) is 13.2. The molecule has 0 saturated carbocycles. The van der Waals surface area contributed by atoms with Gasteiger partial charge in [0.05, 0.1) is 11.0 Å². The molecule has 0 spiro atoms. The number of hydrogen-bond acceptors (Lipinski definition) is 2. The van der Waals surface area contributed by atoms with Crippen LogP contribution in [0.3, 0.4) is 0 Å². The Morgan fingerprint density at radius 3 is 1.48 bits per heavy atom. The molecule has 3 nitrogen and oxygen atoms in total. The van der Waals surface area contributed by atoms with Crippen molar-refractivity contribution in [2.75, 3.05) is 6.54 Å². The van der Waals surface area contributed by atoms with Gasteiger partial charge in [-0.3, -0.25) is 10.1 Å². The number of rotatable bonds is 9. The van der Waals surface area contributed by atoms with Gasteiger partial charge in [-0.1, -0.05) is 91.0 Å². The molecule has 0 aliphatic rings. The van der Waals surface area contributed by atoms with Gasteiger partial charge in [0.2, 0.25) is 0 Å². The molecule has 0 atom stereocenters. The Hall–Kier alpha value is -2.91. The van der Waals surface area contributed by atoms with E-state index in [4.69, 9.17) is 0 Å². The Kier molecular flexibility index (Phi) is 6.50. The highest BCUT2D eigenvalue weighted by Gasteiger charge is 2.36. The van der Waals surface area contributed by atoms with E-state index in [1.54, 1.807) is 13.8 Å². The molecule has 0 aliphatic heterocycles. The van der Waals surface area contributed by atoms with Gasteiger partial charge in [-0.2, -0.15) is 0 Å². The van der Waals surface area contributed by atoms with E-state index in [1.807, 2.05) is 18.2 Å². The van der Waals surface area contributed by atoms with Crippen molar-refractivity contribution in [1.82, 2.24) is 5.32 Å². The second kappa shape index (κ2) is 9.06. The lowest BCUT2D eigenvalue weighted by atomic mass is 9.76. The quantitative estimate of drug-likeness (QED) is 0.379. The molecule has 3 aromatic rings. The summed E-state index contributed by atoms with van der Waals surface area (Å²) in [7, 11) is 0. The van der Waals surface area contributed by atoms with Crippen LogP contribution >= 0.6 is 0 Å². The molecule has 0 unspecified atom stereocenters. The summed E-state index contributed by atoms with van der Waals surface area (Å²) in [4.78, 5) is 11.5. The van der Waals surface area contributed by atoms with E-state index in [0.29, 0.717) is 13.0 Å². The third kappa shape index (κ3) is 4.57. The lowest BCUT2D eigenvalue weighted by Crippen LogP contribution is -2.45. The fourth-order valence-corrected chi connectivity index (χ4v) is 3.78. The predicted octanol–water partition coefficient (Wildman–Crippen LogP) is 5.46. The van der Waals surface area contributed by atoms with Crippen LogP contribution in [0.5, 0.6) is 0 Å². The Bertz CT molecular complexity index is 809. The van der Waals surface area contributed by atoms with Crippen LogP contribution in [0.15, 0.2) is 91.0 Å². The molecule has 0 bridgehead atoms. The minimum absolute atomic E-state index is 0.503. The summed E-state index contributed by atoms with van der Waals surface area (Å²) in [5.41, 5.74) is 2.26. The van der Waals surface area contributed by atoms with Crippen LogP contribution < -0.4 is 5.32 Å². The first-order valence-corrected chi connectivity index (χ1v) is 10.1. The number of carboxylic acid groups (broad SMARTS) is 1. The van der Waals surface area contributed by atoms with Gasteiger partial charge < -0.3 is 5.11 Å². The molecule has 0 saturated heterocycles. The van der Waals surface area contributed by atoms with Crippen LogP contribution in [-0.4, -0.2) is 17.6 Å². The molecule has 0 aromatic heterocycles. The highest BCUT2D eigenvalue weighted by molar-refractivity contribution is 5.73. The standard InChI is InChI=1S/C26H29NO2/c1-25(2,24(28)29)19-12-20-27-26(21-13-6-3-7-14-21,22-15-8-4-9-16-22)23-17-10-5-11-18-23/h3-11,13-18,27H,12,19-20H2,1-2H3,(H,28,29). The lowest BCUT2D eigenvalue weighted by Gasteiger charge is -2.37. The van der Waals surface area contributed by atoms with Crippen molar-refractivity contribution >= 4 is 5.97 Å². The molecule has 0 amide bonds. The van der Waals surface area contributed by atoms with E-state index >= 15 is 0 Å². The van der Waals surface area contributed by atoms with Crippen molar-refractivity contribution in [2.24, 2.45) is 5.41 Å². The molecule has 0 heterocycles. The molecule has 0 fully saturated rings. The Morgan fingerprint density at radius 1 is 0.759 bits per heavy atom. The number of carboxylic acids is 1. The van der Waals surface area contributed by atoms with E-state index < -0.39 is 16.9 Å². The maximum absolute atomic E-state index is 11.5. The van der Waals surface area contributed by atoms with E-state index in [2.05, 4.69) is 78.1 Å². The number of nitrogens with one attached hydrogen (secondary N) is 1. The summed E-state index contributed by atoms with van der Waals surface area (Å²) in [5.74, 6) is -0.752. The molecule has 3 heteroatoms. The maximum Gasteiger partial charge on any atom is 0.309 e. The van der Waals surface area contributed by atoms with Crippen LogP contribution in [0.25, 0.3) is 0 Å². The topological polar surface area (TPSA) is 49.3 Å². The monoisotopic (exact) mass is 387 g/mol. The zero-order valence-corrected chi connectivity index (χ0v) is 17.1. The molecule has 150 valence electrons. The fourth-order valence-electron chi connectivity index (χ4n) is 3.78. The maximum atomic E-state index is 11.5. The Labute approximate surface area is 173 Å². The number of carbonyl (C=O) groups is 1. The third-order valence-electron chi connectivity index (χ3n) is 5.57. The number of benzene rings is 3. The smallest absolute Gasteiger partial charge is 0.309 e. The first kappa shape index (κ1) is 20.8. The van der Waals surface area contributed by atoms with Crippen molar-refractivity contribution in [3.05, 3.63) is 108 Å². The molecule has 0 aliphatic carbocycles. The molecular weight excluding hydrogens is 358 g/mol. The van der Waals surface area contributed by atoms with Gasteiger partial charge in [0, 0.05) is 0 Å². The van der Waals surface area contributed by atoms with Gasteiger partial charge >= 0.3 is 5.97 Å². The first-order valence-electron chi connectivity index (χ1n) is 10.1. The molecule has 3 rings (SSSR count). The SMILES string of the molecule is CC(C)(CCCNC(c1ccccc1)(c1ccccc1)c1ccccc1)C(=O)O. The fraction of sp³-hybridized carbons (Fsp3) is 0.269. The number of aliphatic carboxylic acids is 1. The number of hydrogen-bond donors (Lipinski definition) is 2. The van der Waals surface area contributed by atoms with E-state index in [0.717, 1.165) is 23.1 Å². The van der Waals surface area contributed by atoms with Gasteiger partial charge in [-0.25, -0.2) is 0 Å². The van der Waals surface area contributed by atoms with E-state index in [1.165, 1.54) is 0 Å². The summed E-state index contributed by atoms with van der Waals surface area (Å²) in [6.45, 7) is 4.28. The lowest BCUT2D eigenvalue weighted by molar-refractivity contribution is -0.147. The van der Waals surface area contributed by atoms with Crippen LogP contribution in [-0.2, 0) is 10.3 Å². The van der Waals surface area contributed by atoms with E-state index in [-0.39, 0.29) is 0 Å². The van der Waals surface area contributed by atoms with Crippen molar-refractivity contribution in [2.45, 2.75) is 32.2 Å². The summed E-state index contributed by atoms with van der Waals surface area (Å²) in [6, 6.07) is 31.3. The molecular formula is C26H29NO2. The summed E-state index contributed by atoms with van der Waals surface area (Å²) >= 11 is 0. The van der Waals surface area contributed by atoms with Gasteiger partial charge in [0.25, 0.3) is 0 Å². The van der Waals surface area contributed by atoms with Crippen molar-refractivity contribution in [1.29, 1.82) is 0 Å². The van der Waals surface area contributed by atoms with Gasteiger partial charge in [0.1, 0.15) is 0 Å².